The molecular formula is C20H25N7O2. The number of aromatic amines is 1. The monoisotopic (exact) mass is 395 g/mol. The number of carbonyl (C=O) groups excluding carboxylic acids is 1. The van der Waals surface area contributed by atoms with Crippen molar-refractivity contribution >= 4 is 17.5 Å². The molecule has 1 aliphatic rings. The second kappa shape index (κ2) is 7.65. The van der Waals surface area contributed by atoms with Gasteiger partial charge in [0.2, 0.25) is 5.95 Å². The Labute approximate surface area is 168 Å². The first-order valence-electron chi connectivity index (χ1n) is 9.86. The molecule has 4 rings (SSSR count). The van der Waals surface area contributed by atoms with Crippen molar-refractivity contribution in [3.63, 3.8) is 0 Å². The van der Waals surface area contributed by atoms with Crippen molar-refractivity contribution < 1.29 is 4.79 Å². The van der Waals surface area contributed by atoms with Crippen molar-refractivity contribution in [2.75, 3.05) is 32.1 Å². The van der Waals surface area contributed by atoms with Crippen LogP contribution in [0.25, 0.3) is 5.65 Å². The largest absolute Gasteiger partial charge is 0.347 e. The summed E-state index contributed by atoms with van der Waals surface area (Å²) in [5, 5.41) is 3.18. The van der Waals surface area contributed by atoms with Crippen LogP contribution in [-0.2, 0) is 6.42 Å². The van der Waals surface area contributed by atoms with Crippen LogP contribution < -0.4 is 10.5 Å². The molecule has 1 atom stereocenters. The maximum Gasteiger partial charge on any atom is 0.272 e. The molecule has 0 aliphatic carbocycles. The van der Waals surface area contributed by atoms with Crippen LogP contribution in [0.3, 0.4) is 0 Å². The van der Waals surface area contributed by atoms with E-state index in [1.54, 1.807) is 23.4 Å². The molecule has 29 heavy (non-hydrogen) atoms. The predicted octanol–water partition coefficient (Wildman–Crippen LogP) is 1.46. The van der Waals surface area contributed by atoms with E-state index in [-0.39, 0.29) is 17.4 Å². The molecule has 0 spiro atoms. The van der Waals surface area contributed by atoms with E-state index in [1.807, 2.05) is 32.0 Å². The molecule has 1 fully saturated rings. The first-order chi connectivity index (χ1) is 14.0. The summed E-state index contributed by atoms with van der Waals surface area (Å²) in [6.07, 6.45) is 5.71. The van der Waals surface area contributed by atoms with E-state index < -0.39 is 0 Å². The lowest BCUT2D eigenvalue weighted by molar-refractivity contribution is 0.0705. The second-order valence-electron chi connectivity index (χ2n) is 7.60. The normalized spacial score (nSPS) is 16.9. The minimum absolute atomic E-state index is 0.0697. The predicted molar refractivity (Wildman–Crippen MR) is 109 cm³/mol. The molecule has 1 amide bonds. The SMILES string of the molecule is CCc1cc(=O)n2[nH]c(C3CCCN(C(=O)c4cnc(N(C)C)nc4)C3)cc2n1. The topological polar surface area (TPSA) is 99.5 Å². The maximum absolute atomic E-state index is 12.9. The third-order valence-corrected chi connectivity index (χ3v) is 5.32. The van der Waals surface area contributed by atoms with E-state index in [0.29, 0.717) is 36.7 Å². The fourth-order valence-corrected chi connectivity index (χ4v) is 3.71. The molecule has 1 N–H and O–H groups in total. The number of anilines is 1. The number of nitrogens with zero attached hydrogens (tertiary/aromatic N) is 6. The van der Waals surface area contributed by atoms with Gasteiger partial charge in [0.1, 0.15) is 0 Å². The Balaban J connectivity index is 1.55. The lowest BCUT2D eigenvalue weighted by Crippen LogP contribution is -2.39. The van der Waals surface area contributed by atoms with Gasteiger partial charge in [-0.15, -0.1) is 0 Å². The quantitative estimate of drug-likeness (QED) is 0.718. The third-order valence-electron chi connectivity index (χ3n) is 5.32. The number of fused-ring (bicyclic) bond motifs is 1. The van der Waals surface area contributed by atoms with Crippen LogP contribution in [0.2, 0.25) is 0 Å². The summed E-state index contributed by atoms with van der Waals surface area (Å²) < 4.78 is 1.48. The first kappa shape index (κ1) is 19.1. The number of aryl methyl sites for hydroxylation is 1. The summed E-state index contributed by atoms with van der Waals surface area (Å²) in [5.74, 6) is 0.626. The van der Waals surface area contributed by atoms with Gasteiger partial charge in [0.25, 0.3) is 11.5 Å². The van der Waals surface area contributed by atoms with Gasteiger partial charge in [-0.3, -0.25) is 14.7 Å². The van der Waals surface area contributed by atoms with E-state index in [4.69, 9.17) is 0 Å². The Morgan fingerprint density at radius 3 is 2.72 bits per heavy atom. The van der Waals surface area contributed by atoms with E-state index >= 15 is 0 Å². The summed E-state index contributed by atoms with van der Waals surface area (Å²) >= 11 is 0. The van der Waals surface area contributed by atoms with E-state index in [2.05, 4.69) is 20.1 Å². The molecule has 0 radical (unpaired) electrons. The fourth-order valence-electron chi connectivity index (χ4n) is 3.71. The number of amides is 1. The van der Waals surface area contributed by atoms with Crippen molar-refractivity contribution in [3.05, 3.63) is 51.8 Å². The lowest BCUT2D eigenvalue weighted by atomic mass is 9.94. The van der Waals surface area contributed by atoms with Crippen molar-refractivity contribution in [1.29, 1.82) is 0 Å². The van der Waals surface area contributed by atoms with Crippen molar-refractivity contribution in [2.45, 2.75) is 32.1 Å². The molecule has 3 aromatic rings. The van der Waals surface area contributed by atoms with Crippen LogP contribution in [0.4, 0.5) is 5.95 Å². The number of H-pyrrole nitrogens is 1. The molecule has 9 heteroatoms. The van der Waals surface area contributed by atoms with Gasteiger partial charge in [0.05, 0.1) is 5.56 Å². The van der Waals surface area contributed by atoms with E-state index in [1.165, 1.54) is 4.52 Å². The number of piperidine rings is 1. The molecule has 152 valence electrons. The molecule has 3 aromatic heterocycles. The Hall–Kier alpha value is -3.23. The highest BCUT2D eigenvalue weighted by atomic mass is 16.2. The number of likely N-dealkylation sites (tertiary alicyclic amines) is 1. The van der Waals surface area contributed by atoms with Gasteiger partial charge < -0.3 is 9.80 Å². The molecule has 4 heterocycles. The molecular weight excluding hydrogens is 370 g/mol. The van der Waals surface area contributed by atoms with Crippen molar-refractivity contribution in [3.8, 4) is 0 Å². The highest BCUT2D eigenvalue weighted by Crippen LogP contribution is 2.27. The van der Waals surface area contributed by atoms with Gasteiger partial charge in [-0.2, -0.15) is 0 Å². The average Bonchev–Trinajstić information content (AvgIpc) is 3.18. The smallest absolute Gasteiger partial charge is 0.272 e. The Kier molecular flexibility index (Phi) is 5.04. The summed E-state index contributed by atoms with van der Waals surface area (Å²) in [4.78, 5) is 41.9. The number of hydrogen-bond acceptors (Lipinski definition) is 6. The zero-order valence-corrected chi connectivity index (χ0v) is 16.9. The Morgan fingerprint density at radius 1 is 1.28 bits per heavy atom. The molecule has 0 aromatic carbocycles. The molecule has 1 aliphatic heterocycles. The Morgan fingerprint density at radius 2 is 2.03 bits per heavy atom. The van der Waals surface area contributed by atoms with Crippen LogP contribution >= 0.6 is 0 Å². The number of carbonyl (C=O) groups is 1. The van der Waals surface area contributed by atoms with Gasteiger partial charge in [0.15, 0.2) is 5.65 Å². The Bertz CT molecular complexity index is 1080. The van der Waals surface area contributed by atoms with Gasteiger partial charge in [-0.25, -0.2) is 19.5 Å². The molecule has 0 saturated carbocycles. The molecule has 1 saturated heterocycles. The van der Waals surface area contributed by atoms with Crippen LogP contribution in [0, 0.1) is 0 Å². The van der Waals surface area contributed by atoms with Crippen LogP contribution in [0.5, 0.6) is 0 Å². The maximum atomic E-state index is 12.9. The van der Waals surface area contributed by atoms with Crippen LogP contribution in [0.15, 0.2) is 29.3 Å². The van der Waals surface area contributed by atoms with Crippen molar-refractivity contribution in [2.24, 2.45) is 0 Å². The van der Waals surface area contributed by atoms with E-state index in [9.17, 15) is 9.59 Å². The second-order valence-corrected chi connectivity index (χ2v) is 7.60. The van der Waals surface area contributed by atoms with Crippen molar-refractivity contribution in [1.82, 2.24) is 29.5 Å². The fraction of sp³-hybridized carbons (Fsp3) is 0.450. The highest BCUT2D eigenvalue weighted by Gasteiger charge is 2.27. The summed E-state index contributed by atoms with van der Waals surface area (Å²) in [5.41, 5.74) is 2.71. The van der Waals surface area contributed by atoms with Gasteiger partial charge in [0, 0.05) is 69.0 Å². The van der Waals surface area contributed by atoms with Gasteiger partial charge >= 0.3 is 0 Å². The van der Waals surface area contributed by atoms with Crippen LogP contribution in [0.1, 0.15) is 47.4 Å². The van der Waals surface area contributed by atoms with E-state index in [0.717, 1.165) is 24.2 Å². The van der Waals surface area contributed by atoms with Gasteiger partial charge in [-0.1, -0.05) is 6.92 Å². The zero-order valence-electron chi connectivity index (χ0n) is 16.9. The van der Waals surface area contributed by atoms with Gasteiger partial charge in [-0.05, 0) is 19.3 Å². The molecule has 9 nitrogen and oxygen atoms in total. The minimum Gasteiger partial charge on any atom is -0.347 e. The van der Waals surface area contributed by atoms with Crippen LogP contribution in [-0.4, -0.2) is 62.6 Å². The standard InChI is InChI=1S/C20H25N7O2/c1-4-15-8-18(28)27-17(23-15)9-16(24-27)13-6-5-7-26(12-13)19(29)14-10-21-20(22-11-14)25(2)3/h8-11,13,24H,4-7,12H2,1-3H3. The molecule has 1 unspecified atom stereocenters. The summed E-state index contributed by atoms with van der Waals surface area (Å²) in [6, 6.07) is 3.48. The zero-order chi connectivity index (χ0) is 20.5. The summed E-state index contributed by atoms with van der Waals surface area (Å²) in [7, 11) is 3.71. The average molecular weight is 395 g/mol. The highest BCUT2D eigenvalue weighted by molar-refractivity contribution is 5.93. The third kappa shape index (κ3) is 3.72. The number of hydrogen-bond donors (Lipinski definition) is 1. The number of rotatable bonds is 4. The summed E-state index contributed by atoms with van der Waals surface area (Å²) in [6.45, 7) is 3.25. The lowest BCUT2D eigenvalue weighted by Gasteiger charge is -2.32. The minimum atomic E-state index is -0.111. The molecule has 0 bridgehead atoms. The number of nitrogens with one attached hydrogen (secondary N) is 1. The first-order valence-corrected chi connectivity index (χ1v) is 9.86. The number of aromatic nitrogens is 5.